The number of rotatable bonds is 4. The molecule has 1 aliphatic rings. The lowest BCUT2D eigenvalue weighted by Crippen LogP contribution is -2.23. The Morgan fingerprint density at radius 3 is 3.00 bits per heavy atom. The molecule has 1 aromatic carbocycles. The number of hydrogen-bond acceptors (Lipinski definition) is 3. The number of aliphatic carboxylic acids is 1. The van der Waals surface area contributed by atoms with Crippen LogP contribution < -0.4 is 4.74 Å². The van der Waals surface area contributed by atoms with Crippen LogP contribution in [0.3, 0.4) is 0 Å². The van der Waals surface area contributed by atoms with E-state index in [2.05, 4.69) is 0 Å². The molecule has 1 N–H and O–H groups in total. The van der Waals surface area contributed by atoms with Gasteiger partial charge in [0.2, 0.25) is 0 Å². The van der Waals surface area contributed by atoms with Crippen molar-refractivity contribution in [3.8, 4) is 5.75 Å². The minimum absolute atomic E-state index is 0.247. The molecule has 1 aliphatic heterocycles. The molecule has 98 valence electrons. The molecular weight excluding hydrogens is 237 g/mol. The number of likely N-dealkylation sites (tertiary alicyclic amines) is 1. The van der Waals surface area contributed by atoms with Gasteiger partial charge in [-0.1, -0.05) is 12.1 Å². The first-order valence-electron chi connectivity index (χ1n) is 5.88. The van der Waals surface area contributed by atoms with Gasteiger partial charge in [0.1, 0.15) is 0 Å². The number of ether oxygens (including phenoxy) is 1. The van der Waals surface area contributed by atoms with Crippen molar-refractivity contribution in [2.24, 2.45) is 5.92 Å². The minimum atomic E-state index is -0.760. The van der Waals surface area contributed by atoms with Gasteiger partial charge >= 0.3 is 5.97 Å². The quantitative estimate of drug-likeness (QED) is 0.888. The zero-order valence-electron chi connectivity index (χ0n) is 10.2. The van der Waals surface area contributed by atoms with E-state index in [-0.39, 0.29) is 17.5 Å². The fourth-order valence-corrected chi connectivity index (χ4v) is 2.33. The third-order valence-corrected chi connectivity index (χ3v) is 3.27. The molecule has 5 heteroatoms. The third kappa shape index (κ3) is 2.61. The van der Waals surface area contributed by atoms with Crippen LogP contribution >= 0.6 is 0 Å². The standard InChI is InChI=1S/C13H16FNO3/c1-18-12-9(3-2-4-11(12)14)7-15-6-5-10(8-15)13(16)17/h2-4,10H,5-8H2,1H3,(H,16,17). The first-order valence-corrected chi connectivity index (χ1v) is 5.88. The topological polar surface area (TPSA) is 49.8 Å². The summed E-state index contributed by atoms with van der Waals surface area (Å²) in [5, 5.41) is 8.93. The molecule has 0 spiro atoms. The predicted molar refractivity (Wildman–Crippen MR) is 64.0 cm³/mol. The number of halogens is 1. The molecule has 1 aromatic rings. The van der Waals surface area contributed by atoms with Crippen molar-refractivity contribution in [1.82, 2.24) is 4.90 Å². The molecule has 0 bridgehead atoms. The van der Waals surface area contributed by atoms with Gasteiger partial charge in [0.25, 0.3) is 0 Å². The van der Waals surface area contributed by atoms with Gasteiger partial charge in [-0.2, -0.15) is 0 Å². The number of carboxylic acids is 1. The SMILES string of the molecule is COc1c(F)cccc1CN1CCC(C(=O)O)C1. The Kier molecular flexibility index (Phi) is 3.81. The minimum Gasteiger partial charge on any atom is -0.493 e. The molecule has 1 atom stereocenters. The number of carbonyl (C=O) groups is 1. The van der Waals surface area contributed by atoms with Gasteiger partial charge in [-0.05, 0) is 19.0 Å². The molecule has 1 unspecified atom stereocenters. The first kappa shape index (κ1) is 12.8. The molecule has 1 saturated heterocycles. The van der Waals surface area contributed by atoms with Crippen molar-refractivity contribution in [3.63, 3.8) is 0 Å². The highest BCUT2D eigenvalue weighted by atomic mass is 19.1. The van der Waals surface area contributed by atoms with E-state index in [4.69, 9.17) is 9.84 Å². The van der Waals surface area contributed by atoms with Crippen molar-refractivity contribution < 1.29 is 19.0 Å². The summed E-state index contributed by atoms with van der Waals surface area (Å²) in [4.78, 5) is 12.9. The van der Waals surface area contributed by atoms with Crippen LogP contribution in [0.15, 0.2) is 18.2 Å². The fraction of sp³-hybridized carbons (Fsp3) is 0.462. The lowest BCUT2D eigenvalue weighted by molar-refractivity contribution is -0.141. The van der Waals surface area contributed by atoms with E-state index in [0.717, 1.165) is 12.1 Å². The Labute approximate surface area is 105 Å². The average Bonchev–Trinajstić information content (AvgIpc) is 2.78. The van der Waals surface area contributed by atoms with Crippen molar-refractivity contribution in [2.75, 3.05) is 20.2 Å². The van der Waals surface area contributed by atoms with Crippen molar-refractivity contribution in [1.29, 1.82) is 0 Å². The highest BCUT2D eigenvalue weighted by Gasteiger charge is 2.28. The number of benzene rings is 1. The van der Waals surface area contributed by atoms with Crippen LogP contribution in [0.25, 0.3) is 0 Å². The molecule has 0 amide bonds. The monoisotopic (exact) mass is 253 g/mol. The Morgan fingerprint density at radius 2 is 2.39 bits per heavy atom. The van der Waals surface area contributed by atoms with Crippen LogP contribution in [-0.2, 0) is 11.3 Å². The Hall–Kier alpha value is -1.62. The number of para-hydroxylation sites is 1. The van der Waals surface area contributed by atoms with Crippen molar-refractivity contribution in [2.45, 2.75) is 13.0 Å². The third-order valence-electron chi connectivity index (χ3n) is 3.27. The van der Waals surface area contributed by atoms with Crippen LogP contribution in [0, 0.1) is 11.7 Å². The highest BCUT2D eigenvalue weighted by molar-refractivity contribution is 5.70. The summed E-state index contributed by atoms with van der Waals surface area (Å²) >= 11 is 0. The van der Waals surface area contributed by atoms with Crippen LogP contribution in [0.2, 0.25) is 0 Å². The van der Waals surface area contributed by atoms with E-state index in [9.17, 15) is 9.18 Å². The number of methoxy groups -OCH3 is 1. The number of nitrogens with zero attached hydrogens (tertiary/aromatic N) is 1. The maximum absolute atomic E-state index is 13.5. The Balaban J connectivity index is 2.07. The van der Waals surface area contributed by atoms with Gasteiger partial charge < -0.3 is 9.84 Å². The van der Waals surface area contributed by atoms with E-state index in [1.54, 1.807) is 12.1 Å². The molecule has 0 aromatic heterocycles. The molecule has 2 rings (SSSR count). The Morgan fingerprint density at radius 1 is 1.61 bits per heavy atom. The normalized spacial score (nSPS) is 20.0. The molecule has 4 nitrogen and oxygen atoms in total. The zero-order chi connectivity index (χ0) is 13.1. The number of carboxylic acid groups (broad SMARTS) is 1. The molecule has 0 saturated carbocycles. The first-order chi connectivity index (χ1) is 8.61. The molecule has 18 heavy (non-hydrogen) atoms. The second kappa shape index (κ2) is 5.35. The average molecular weight is 253 g/mol. The smallest absolute Gasteiger partial charge is 0.307 e. The zero-order valence-corrected chi connectivity index (χ0v) is 10.2. The summed E-state index contributed by atoms with van der Waals surface area (Å²) in [6, 6.07) is 4.79. The van der Waals surface area contributed by atoms with Crippen molar-refractivity contribution in [3.05, 3.63) is 29.6 Å². The molecule has 0 aliphatic carbocycles. The number of hydrogen-bond donors (Lipinski definition) is 1. The van der Waals surface area contributed by atoms with Gasteiger partial charge in [0, 0.05) is 18.7 Å². The van der Waals surface area contributed by atoms with E-state index >= 15 is 0 Å². The van der Waals surface area contributed by atoms with Crippen LogP contribution in [0.5, 0.6) is 5.75 Å². The van der Waals surface area contributed by atoms with Gasteiger partial charge in [0.15, 0.2) is 11.6 Å². The maximum Gasteiger partial charge on any atom is 0.307 e. The second-order valence-electron chi connectivity index (χ2n) is 4.49. The highest BCUT2D eigenvalue weighted by Crippen LogP contribution is 2.26. The van der Waals surface area contributed by atoms with E-state index < -0.39 is 5.97 Å². The van der Waals surface area contributed by atoms with Crippen LogP contribution in [0.1, 0.15) is 12.0 Å². The summed E-state index contributed by atoms with van der Waals surface area (Å²) in [6.07, 6.45) is 0.646. The van der Waals surface area contributed by atoms with Crippen molar-refractivity contribution >= 4 is 5.97 Å². The maximum atomic E-state index is 13.5. The second-order valence-corrected chi connectivity index (χ2v) is 4.49. The van der Waals surface area contributed by atoms with Gasteiger partial charge in [0.05, 0.1) is 13.0 Å². The molecule has 0 radical (unpaired) electrons. The van der Waals surface area contributed by atoms with Gasteiger partial charge in [-0.3, -0.25) is 9.69 Å². The summed E-state index contributed by atoms with van der Waals surface area (Å²) < 4.78 is 18.5. The summed E-state index contributed by atoms with van der Waals surface area (Å²) in [6.45, 7) is 1.75. The summed E-state index contributed by atoms with van der Waals surface area (Å²) in [7, 11) is 1.44. The Bertz CT molecular complexity index is 450. The predicted octanol–water partition coefficient (Wildman–Crippen LogP) is 1.74. The van der Waals surface area contributed by atoms with Gasteiger partial charge in [-0.15, -0.1) is 0 Å². The fourth-order valence-electron chi connectivity index (χ4n) is 2.33. The lowest BCUT2D eigenvalue weighted by Gasteiger charge is -2.17. The van der Waals surface area contributed by atoms with Crippen LogP contribution in [0.4, 0.5) is 4.39 Å². The van der Waals surface area contributed by atoms with E-state index in [1.165, 1.54) is 13.2 Å². The summed E-state index contributed by atoms with van der Waals surface area (Å²) in [5.74, 6) is -1.21. The van der Waals surface area contributed by atoms with E-state index in [1.807, 2.05) is 4.90 Å². The molecular formula is C13H16FNO3. The molecule has 1 fully saturated rings. The van der Waals surface area contributed by atoms with Crippen LogP contribution in [-0.4, -0.2) is 36.2 Å². The van der Waals surface area contributed by atoms with Gasteiger partial charge in [-0.25, -0.2) is 4.39 Å². The summed E-state index contributed by atoms with van der Waals surface area (Å²) in [5.41, 5.74) is 0.753. The van der Waals surface area contributed by atoms with E-state index in [0.29, 0.717) is 19.5 Å². The lowest BCUT2D eigenvalue weighted by atomic mass is 10.1. The largest absolute Gasteiger partial charge is 0.493 e. The molecule has 1 heterocycles.